The number of sulfonamides is 1. The maximum absolute atomic E-state index is 14.9. The Bertz CT molecular complexity index is 2590. The molecule has 4 aliphatic rings. The van der Waals surface area contributed by atoms with Crippen LogP contribution in [0, 0.1) is 17.3 Å². The molecule has 2 aromatic heterocycles. The zero-order chi connectivity index (χ0) is 42.3. The first-order valence-electron chi connectivity index (χ1n) is 21.7. The van der Waals surface area contributed by atoms with Gasteiger partial charge in [0.1, 0.15) is 23.0 Å². The van der Waals surface area contributed by atoms with Crippen LogP contribution in [0.2, 0.25) is 0 Å². The van der Waals surface area contributed by atoms with Crippen molar-refractivity contribution < 1.29 is 36.7 Å². The molecule has 13 heteroatoms. The molecule has 0 bridgehead atoms. The maximum Gasteiger partial charge on any atom is 0.262 e. The van der Waals surface area contributed by atoms with Crippen LogP contribution in [0.25, 0.3) is 33.5 Å². The van der Waals surface area contributed by atoms with Gasteiger partial charge < -0.3 is 18.8 Å². The maximum atomic E-state index is 14.9. The minimum Gasteiger partial charge on any atom is -0.491 e. The van der Waals surface area contributed by atoms with Crippen LogP contribution >= 0.6 is 0 Å². The number of nitrogens with zero attached hydrogens (tertiary/aromatic N) is 3. The van der Waals surface area contributed by atoms with Crippen LogP contribution in [0.4, 0.5) is 0 Å². The van der Waals surface area contributed by atoms with Crippen LogP contribution in [0.15, 0.2) is 95.4 Å². The second kappa shape index (κ2) is 16.7. The summed E-state index contributed by atoms with van der Waals surface area (Å²) in [5.74, 6) is -0.407. The number of Topliss-reactive ketones (excluding diaryl/α,β-unsaturated/α-hetero) is 1. The summed E-state index contributed by atoms with van der Waals surface area (Å²) >= 11 is 0. The lowest BCUT2D eigenvalue weighted by molar-refractivity contribution is -0.142. The Balaban J connectivity index is 1.06. The monoisotopic (exact) mass is 844 g/mol. The molecule has 2 amide bonds. The lowest BCUT2D eigenvalue weighted by atomic mass is 9.90. The van der Waals surface area contributed by atoms with Gasteiger partial charge in [0, 0.05) is 29.7 Å². The average Bonchev–Trinajstić information content (AvgIpc) is 4.15. The van der Waals surface area contributed by atoms with Crippen LogP contribution in [-0.4, -0.2) is 70.9 Å². The van der Waals surface area contributed by atoms with Gasteiger partial charge in [-0.15, -0.1) is 0 Å². The number of ether oxygens (including phenoxy) is 2. The molecule has 318 valence electrons. The smallest absolute Gasteiger partial charge is 0.262 e. The van der Waals surface area contributed by atoms with E-state index in [0.29, 0.717) is 54.6 Å². The van der Waals surface area contributed by atoms with Gasteiger partial charge in [-0.25, -0.2) is 13.4 Å². The number of rotatable bonds is 10. The van der Waals surface area contributed by atoms with Crippen LogP contribution in [0.1, 0.15) is 83.6 Å². The number of furan rings is 1. The van der Waals surface area contributed by atoms with Crippen LogP contribution < -0.4 is 14.2 Å². The van der Waals surface area contributed by atoms with Crippen molar-refractivity contribution in [1.29, 1.82) is 0 Å². The Hall–Kier alpha value is -5.56. The SMILES string of the molecule is CC(C)Oc1ccc(-c2nc(O[C@@H]3C[C@H]4C(=O)C[C@]5(C(=O)NS(=O)(=O)C6CC6)C[C@H]5/C=C\CCCCC[C@H](Cc5ccccc5)C(=O)N4C3)c3oc4ccccc4c3n2)cc1. The van der Waals surface area contributed by atoms with Crippen LogP contribution in [0.5, 0.6) is 11.6 Å². The molecule has 2 saturated carbocycles. The van der Waals surface area contributed by atoms with E-state index in [0.717, 1.165) is 47.9 Å². The number of carbonyl (C=O) groups is 3. The van der Waals surface area contributed by atoms with E-state index in [9.17, 15) is 22.8 Å². The normalized spacial score (nSPS) is 25.4. The third kappa shape index (κ3) is 8.67. The van der Waals surface area contributed by atoms with Crippen molar-refractivity contribution in [2.75, 3.05) is 6.54 Å². The summed E-state index contributed by atoms with van der Waals surface area (Å²) in [5, 5.41) is 0.207. The van der Waals surface area contributed by atoms with E-state index in [-0.39, 0.29) is 54.9 Å². The van der Waals surface area contributed by atoms with Gasteiger partial charge in [-0.3, -0.25) is 19.1 Å². The highest BCUT2D eigenvalue weighted by molar-refractivity contribution is 7.90. The molecule has 1 N–H and O–H groups in total. The fourth-order valence-corrected chi connectivity index (χ4v) is 10.5. The van der Waals surface area contributed by atoms with Crippen molar-refractivity contribution in [3.63, 3.8) is 0 Å². The fourth-order valence-electron chi connectivity index (χ4n) is 9.11. The first-order valence-corrected chi connectivity index (χ1v) is 23.2. The Kier molecular flexibility index (Phi) is 11.2. The molecule has 2 aliphatic carbocycles. The molecule has 0 unspecified atom stereocenters. The number of aromatic nitrogens is 2. The number of ketones is 1. The molecule has 9 rings (SSSR count). The van der Waals surface area contributed by atoms with Crippen molar-refractivity contribution >= 4 is 49.7 Å². The molecular formula is C48H52N4O8S. The Morgan fingerprint density at radius 1 is 0.951 bits per heavy atom. The van der Waals surface area contributed by atoms with Gasteiger partial charge >= 0.3 is 0 Å². The molecule has 12 nitrogen and oxygen atoms in total. The van der Waals surface area contributed by atoms with Crippen LogP contribution in [-0.2, 0) is 30.8 Å². The Morgan fingerprint density at radius 2 is 1.72 bits per heavy atom. The third-order valence-corrected chi connectivity index (χ3v) is 14.4. The van der Waals surface area contributed by atoms with Gasteiger partial charge in [0.15, 0.2) is 11.6 Å². The van der Waals surface area contributed by atoms with Crippen molar-refractivity contribution in [3.8, 4) is 23.0 Å². The Labute approximate surface area is 356 Å². The fraction of sp³-hybridized carbons (Fsp3) is 0.438. The topological polar surface area (TPSA) is 158 Å². The highest BCUT2D eigenvalue weighted by Crippen LogP contribution is 2.57. The first kappa shape index (κ1) is 40.8. The van der Waals surface area contributed by atoms with E-state index >= 15 is 0 Å². The van der Waals surface area contributed by atoms with Crippen LogP contribution in [0.3, 0.4) is 0 Å². The average molecular weight is 845 g/mol. The highest BCUT2D eigenvalue weighted by atomic mass is 32.2. The van der Waals surface area contributed by atoms with Gasteiger partial charge in [0.2, 0.25) is 27.4 Å². The van der Waals surface area contributed by atoms with Gasteiger partial charge in [0.25, 0.3) is 5.88 Å². The lowest BCUT2D eigenvalue weighted by Gasteiger charge is -2.29. The standard InChI is InChI=1S/C48H52N4O8S/c1-30(2)58-35-21-19-32(20-22-35)44-49-42-38-17-11-12-18-41(38)60-43(42)45(50-44)59-36-26-39-40(53)28-48(47(55)51-61(56,57)37-23-24-37)27-34(48)16-10-5-3-4-9-15-33(46(54)52(39)29-36)25-31-13-7-6-8-14-31/h6-8,10-14,16-22,30,33-34,36-37,39H,3-5,9,15,23-29H2,1-2H3,(H,51,55)/b16-10-/t33-,34-,36-,39+,48-/m1/s1. The minimum atomic E-state index is -3.84. The van der Waals surface area contributed by atoms with E-state index < -0.39 is 38.7 Å². The number of nitrogens with one attached hydrogen (secondary N) is 1. The molecule has 1 saturated heterocycles. The molecule has 61 heavy (non-hydrogen) atoms. The summed E-state index contributed by atoms with van der Waals surface area (Å²) < 4.78 is 47.3. The summed E-state index contributed by atoms with van der Waals surface area (Å²) in [6.07, 6.45) is 9.38. The van der Waals surface area contributed by atoms with E-state index in [1.807, 2.05) is 98.8 Å². The number of fused-ring (bicyclic) bond motifs is 5. The summed E-state index contributed by atoms with van der Waals surface area (Å²) in [6, 6.07) is 24.1. The molecule has 0 radical (unpaired) electrons. The second-order valence-electron chi connectivity index (χ2n) is 17.5. The van der Waals surface area contributed by atoms with Crippen molar-refractivity contribution in [3.05, 3.63) is 96.6 Å². The quantitative estimate of drug-likeness (QED) is 0.136. The first-order chi connectivity index (χ1) is 29.5. The van der Waals surface area contributed by atoms with E-state index in [2.05, 4.69) is 10.8 Å². The number of hydrogen-bond acceptors (Lipinski definition) is 10. The Morgan fingerprint density at radius 3 is 2.49 bits per heavy atom. The molecule has 3 fully saturated rings. The zero-order valence-corrected chi connectivity index (χ0v) is 35.4. The van der Waals surface area contributed by atoms with Gasteiger partial charge in [0.05, 0.1) is 29.4 Å². The number of benzene rings is 3. The third-order valence-electron chi connectivity index (χ3n) is 12.6. The number of hydrogen-bond donors (Lipinski definition) is 1. The molecule has 5 aromatic rings. The number of allylic oxidation sites excluding steroid dienone is 2. The molecule has 5 atom stereocenters. The van der Waals surface area contributed by atoms with Gasteiger partial charge in [-0.1, -0.05) is 67.5 Å². The van der Waals surface area contributed by atoms with E-state index in [1.54, 1.807) is 4.90 Å². The molecule has 4 heterocycles. The highest BCUT2D eigenvalue weighted by Gasteiger charge is 2.61. The van der Waals surface area contributed by atoms with E-state index in [4.69, 9.17) is 23.9 Å². The molecule has 2 aliphatic heterocycles. The zero-order valence-electron chi connectivity index (χ0n) is 34.6. The number of carbonyl (C=O) groups excluding carboxylic acids is 3. The predicted molar refractivity (Wildman–Crippen MR) is 231 cm³/mol. The second-order valence-corrected chi connectivity index (χ2v) is 19.5. The number of para-hydroxylation sites is 1. The minimum absolute atomic E-state index is 0.0115. The van der Waals surface area contributed by atoms with Crippen molar-refractivity contribution in [1.82, 2.24) is 19.6 Å². The number of amides is 2. The van der Waals surface area contributed by atoms with E-state index in [1.165, 1.54) is 0 Å². The van der Waals surface area contributed by atoms with Crippen molar-refractivity contribution in [2.24, 2.45) is 17.3 Å². The van der Waals surface area contributed by atoms with Gasteiger partial charge in [-0.2, -0.15) is 4.98 Å². The summed E-state index contributed by atoms with van der Waals surface area (Å²) in [5.41, 5.74) is 2.10. The molecule has 3 aromatic carbocycles. The molecular weight excluding hydrogens is 793 g/mol. The summed E-state index contributed by atoms with van der Waals surface area (Å²) in [4.78, 5) is 55.2. The van der Waals surface area contributed by atoms with Gasteiger partial charge in [-0.05, 0) is 107 Å². The summed E-state index contributed by atoms with van der Waals surface area (Å²) in [6.45, 7) is 4.05. The molecule has 0 spiro atoms. The lowest BCUT2D eigenvalue weighted by Crippen LogP contribution is -2.46. The summed E-state index contributed by atoms with van der Waals surface area (Å²) in [7, 11) is -3.84. The van der Waals surface area contributed by atoms with Crippen molar-refractivity contribution in [2.45, 2.75) is 108 Å². The predicted octanol–water partition coefficient (Wildman–Crippen LogP) is 8.13. The largest absolute Gasteiger partial charge is 0.491 e.